The monoisotopic (exact) mass is 266 g/mol. The van der Waals surface area contributed by atoms with Crippen LogP contribution in [0.25, 0.3) is 0 Å². The Morgan fingerprint density at radius 2 is 2.26 bits per heavy atom. The van der Waals surface area contributed by atoms with Crippen LogP contribution < -0.4 is 10.6 Å². The number of anilines is 2. The molecule has 6 nitrogen and oxygen atoms in total. The molecule has 0 aliphatic carbocycles. The van der Waals surface area contributed by atoms with Crippen LogP contribution in [-0.4, -0.2) is 41.9 Å². The topological polar surface area (TPSA) is 73.5 Å². The second-order valence-corrected chi connectivity index (χ2v) is 5.23. The minimum absolute atomic E-state index is 0.169. The third kappa shape index (κ3) is 3.78. The van der Waals surface area contributed by atoms with Crippen molar-refractivity contribution in [2.24, 2.45) is 0 Å². The first-order chi connectivity index (χ1) is 9.00. The molecule has 1 saturated heterocycles. The van der Waals surface area contributed by atoms with Gasteiger partial charge in [-0.25, -0.2) is 9.97 Å². The van der Waals surface area contributed by atoms with Gasteiger partial charge in [0.05, 0.1) is 12.2 Å². The third-order valence-electron chi connectivity index (χ3n) is 2.96. The molecule has 1 aromatic heterocycles. The van der Waals surface area contributed by atoms with E-state index in [2.05, 4.69) is 28.7 Å². The fraction of sp³-hybridized carbons (Fsp3) is 0.692. The van der Waals surface area contributed by atoms with Crippen LogP contribution in [0.2, 0.25) is 0 Å². The van der Waals surface area contributed by atoms with Gasteiger partial charge in [-0.15, -0.1) is 0 Å². The Morgan fingerprint density at radius 1 is 1.47 bits per heavy atom. The van der Waals surface area contributed by atoms with Crippen molar-refractivity contribution in [1.29, 1.82) is 0 Å². The minimum atomic E-state index is -0.169. The lowest BCUT2D eigenvalue weighted by Crippen LogP contribution is -2.48. The van der Waals surface area contributed by atoms with E-state index in [1.807, 2.05) is 6.92 Å². The van der Waals surface area contributed by atoms with Crippen molar-refractivity contribution in [3.8, 4) is 0 Å². The smallest absolute Gasteiger partial charge is 0.158 e. The Bertz CT molecular complexity index is 437. The standard InChI is InChI=1S/C13H22N4O2/c1-4-18-8-11-15-10(14)7-12(16-11)17-5-6-19-13(2,3)9-17/h7H,4-6,8-9H2,1-3H3,(H2,14,15,16). The van der Waals surface area contributed by atoms with Crippen molar-refractivity contribution >= 4 is 11.6 Å². The SMILES string of the molecule is CCOCc1nc(N)cc(N2CCOC(C)(C)C2)n1. The Hall–Kier alpha value is -1.40. The maximum absolute atomic E-state index is 5.84. The fourth-order valence-corrected chi connectivity index (χ4v) is 2.13. The number of nitrogens with zero attached hydrogens (tertiary/aromatic N) is 3. The zero-order valence-electron chi connectivity index (χ0n) is 11.8. The van der Waals surface area contributed by atoms with E-state index in [4.69, 9.17) is 15.2 Å². The minimum Gasteiger partial charge on any atom is -0.384 e. The van der Waals surface area contributed by atoms with Crippen LogP contribution in [0.4, 0.5) is 11.6 Å². The Balaban J connectivity index is 2.16. The van der Waals surface area contributed by atoms with E-state index in [1.165, 1.54) is 0 Å². The Kier molecular flexibility index (Phi) is 4.21. The maximum atomic E-state index is 5.84. The van der Waals surface area contributed by atoms with Crippen molar-refractivity contribution in [1.82, 2.24) is 9.97 Å². The maximum Gasteiger partial charge on any atom is 0.158 e. The molecule has 0 radical (unpaired) electrons. The predicted molar refractivity (Wildman–Crippen MR) is 74.0 cm³/mol. The average Bonchev–Trinajstić information content (AvgIpc) is 2.34. The number of aromatic nitrogens is 2. The molecular formula is C13H22N4O2. The lowest BCUT2D eigenvalue weighted by molar-refractivity contribution is -0.0279. The molecule has 6 heteroatoms. The highest BCUT2D eigenvalue weighted by molar-refractivity contribution is 5.47. The summed E-state index contributed by atoms with van der Waals surface area (Å²) in [6.07, 6.45) is 0. The predicted octanol–water partition coefficient (Wildman–Crippen LogP) is 1.21. The highest BCUT2D eigenvalue weighted by atomic mass is 16.5. The van der Waals surface area contributed by atoms with Crippen molar-refractivity contribution < 1.29 is 9.47 Å². The first-order valence-corrected chi connectivity index (χ1v) is 6.60. The number of hydrogen-bond acceptors (Lipinski definition) is 6. The second-order valence-electron chi connectivity index (χ2n) is 5.23. The van der Waals surface area contributed by atoms with E-state index in [-0.39, 0.29) is 5.60 Å². The quantitative estimate of drug-likeness (QED) is 0.883. The summed E-state index contributed by atoms with van der Waals surface area (Å²) in [5.41, 5.74) is 5.67. The van der Waals surface area contributed by atoms with Crippen LogP contribution in [0.5, 0.6) is 0 Å². The summed E-state index contributed by atoms with van der Waals surface area (Å²) in [5.74, 6) is 1.95. The number of nitrogens with two attached hydrogens (primary N) is 1. The molecule has 0 aromatic carbocycles. The lowest BCUT2D eigenvalue weighted by Gasteiger charge is -2.38. The van der Waals surface area contributed by atoms with E-state index >= 15 is 0 Å². The summed E-state index contributed by atoms with van der Waals surface area (Å²) in [7, 11) is 0. The van der Waals surface area contributed by atoms with Crippen LogP contribution in [-0.2, 0) is 16.1 Å². The number of ether oxygens (including phenoxy) is 2. The fourth-order valence-electron chi connectivity index (χ4n) is 2.13. The molecule has 1 aromatic rings. The number of hydrogen-bond donors (Lipinski definition) is 1. The lowest BCUT2D eigenvalue weighted by atomic mass is 10.1. The summed E-state index contributed by atoms with van der Waals surface area (Å²) in [5, 5.41) is 0. The van der Waals surface area contributed by atoms with Gasteiger partial charge in [0.15, 0.2) is 5.82 Å². The van der Waals surface area contributed by atoms with E-state index in [1.54, 1.807) is 6.07 Å². The third-order valence-corrected chi connectivity index (χ3v) is 2.96. The van der Waals surface area contributed by atoms with E-state index in [0.29, 0.717) is 31.5 Å². The molecule has 1 fully saturated rings. The van der Waals surface area contributed by atoms with Gasteiger partial charge in [0, 0.05) is 25.8 Å². The van der Waals surface area contributed by atoms with Crippen LogP contribution in [0.3, 0.4) is 0 Å². The number of morpholine rings is 1. The van der Waals surface area contributed by atoms with Crippen molar-refractivity contribution in [2.75, 3.05) is 36.9 Å². The normalized spacial score (nSPS) is 18.6. The summed E-state index contributed by atoms with van der Waals surface area (Å²) in [6, 6.07) is 1.80. The van der Waals surface area contributed by atoms with Gasteiger partial charge in [-0.05, 0) is 20.8 Å². The summed E-state index contributed by atoms with van der Waals surface area (Å²) in [6.45, 7) is 9.41. The zero-order valence-corrected chi connectivity index (χ0v) is 11.8. The van der Waals surface area contributed by atoms with E-state index in [0.717, 1.165) is 18.9 Å². The van der Waals surface area contributed by atoms with Crippen LogP contribution in [0.15, 0.2) is 6.07 Å². The van der Waals surface area contributed by atoms with Gasteiger partial charge in [0.25, 0.3) is 0 Å². The van der Waals surface area contributed by atoms with Gasteiger partial charge < -0.3 is 20.1 Å². The summed E-state index contributed by atoms with van der Waals surface area (Å²) in [4.78, 5) is 10.9. The molecule has 19 heavy (non-hydrogen) atoms. The van der Waals surface area contributed by atoms with Gasteiger partial charge >= 0.3 is 0 Å². The molecule has 106 valence electrons. The van der Waals surface area contributed by atoms with Gasteiger partial charge in [0.1, 0.15) is 18.2 Å². The molecule has 2 rings (SSSR count). The largest absolute Gasteiger partial charge is 0.384 e. The molecule has 0 saturated carbocycles. The van der Waals surface area contributed by atoms with Gasteiger partial charge in [-0.3, -0.25) is 0 Å². The second kappa shape index (κ2) is 5.71. The molecule has 1 aliphatic rings. The van der Waals surface area contributed by atoms with Crippen molar-refractivity contribution in [3.63, 3.8) is 0 Å². The van der Waals surface area contributed by atoms with Crippen LogP contribution >= 0.6 is 0 Å². The first kappa shape index (κ1) is 14.0. The average molecular weight is 266 g/mol. The molecule has 0 amide bonds. The first-order valence-electron chi connectivity index (χ1n) is 6.60. The molecule has 0 spiro atoms. The molecule has 2 N–H and O–H groups in total. The molecular weight excluding hydrogens is 244 g/mol. The van der Waals surface area contributed by atoms with Gasteiger partial charge in [-0.2, -0.15) is 0 Å². The van der Waals surface area contributed by atoms with E-state index < -0.39 is 0 Å². The van der Waals surface area contributed by atoms with Crippen LogP contribution in [0.1, 0.15) is 26.6 Å². The Labute approximate surface area is 113 Å². The molecule has 0 unspecified atom stereocenters. The number of rotatable bonds is 4. The van der Waals surface area contributed by atoms with E-state index in [9.17, 15) is 0 Å². The number of nitrogen functional groups attached to an aromatic ring is 1. The highest BCUT2D eigenvalue weighted by Gasteiger charge is 2.28. The molecule has 2 heterocycles. The van der Waals surface area contributed by atoms with Gasteiger partial charge in [0.2, 0.25) is 0 Å². The molecule has 0 atom stereocenters. The molecule has 1 aliphatic heterocycles. The van der Waals surface area contributed by atoms with Crippen LogP contribution in [0, 0.1) is 0 Å². The Morgan fingerprint density at radius 3 is 2.95 bits per heavy atom. The van der Waals surface area contributed by atoms with Crippen molar-refractivity contribution in [2.45, 2.75) is 33.0 Å². The summed E-state index contributed by atoms with van der Waals surface area (Å²) >= 11 is 0. The highest BCUT2D eigenvalue weighted by Crippen LogP contribution is 2.22. The zero-order chi connectivity index (χ0) is 13.9. The molecule has 0 bridgehead atoms. The summed E-state index contributed by atoms with van der Waals surface area (Å²) < 4.78 is 11.0. The van der Waals surface area contributed by atoms with Crippen molar-refractivity contribution in [3.05, 3.63) is 11.9 Å². The van der Waals surface area contributed by atoms with Gasteiger partial charge in [-0.1, -0.05) is 0 Å².